The van der Waals surface area contributed by atoms with Crippen LogP contribution in [0.2, 0.25) is 5.02 Å². The molecule has 2 saturated heterocycles. The molecule has 11 heteroatoms. The number of halogens is 1. The highest BCUT2D eigenvalue weighted by Crippen LogP contribution is 2.29. The summed E-state index contributed by atoms with van der Waals surface area (Å²) in [6.45, 7) is 1.87. The van der Waals surface area contributed by atoms with Crippen molar-refractivity contribution in [2.24, 2.45) is 5.92 Å². The van der Waals surface area contributed by atoms with Crippen LogP contribution in [0.25, 0.3) is 0 Å². The summed E-state index contributed by atoms with van der Waals surface area (Å²) >= 11 is 5.84. The predicted molar refractivity (Wildman–Crippen MR) is 120 cm³/mol. The molecule has 33 heavy (non-hydrogen) atoms. The summed E-state index contributed by atoms with van der Waals surface area (Å²) < 4.78 is 27.0. The number of hydrogen-bond donors (Lipinski definition) is 2. The van der Waals surface area contributed by atoms with Gasteiger partial charge in [0.15, 0.2) is 0 Å². The molecule has 2 aromatic carbocycles. The fraction of sp³-hybridized carbons (Fsp3) is 0.318. The zero-order chi connectivity index (χ0) is 23.8. The molecule has 0 radical (unpaired) electrons. The van der Waals surface area contributed by atoms with Crippen molar-refractivity contribution in [2.75, 3.05) is 13.1 Å². The highest BCUT2D eigenvalue weighted by atomic mass is 35.5. The summed E-state index contributed by atoms with van der Waals surface area (Å²) in [7, 11) is -3.70. The van der Waals surface area contributed by atoms with Crippen LogP contribution in [0.5, 0.6) is 0 Å². The lowest BCUT2D eigenvalue weighted by molar-refractivity contribution is -0.141. The second-order valence-corrected chi connectivity index (χ2v) is 10.5. The van der Waals surface area contributed by atoms with E-state index >= 15 is 0 Å². The van der Waals surface area contributed by atoms with Gasteiger partial charge in [0, 0.05) is 24.0 Å². The van der Waals surface area contributed by atoms with Crippen LogP contribution < -0.4 is 10.7 Å². The fourth-order valence-electron chi connectivity index (χ4n) is 4.02. The van der Waals surface area contributed by atoms with Crippen LogP contribution in [-0.2, 0) is 25.2 Å². The number of nitrogens with zero attached hydrogens (tertiary/aromatic N) is 2. The third-order valence-corrected chi connectivity index (χ3v) is 8.20. The van der Waals surface area contributed by atoms with Gasteiger partial charge in [-0.05, 0) is 49.6 Å². The molecule has 0 aliphatic carbocycles. The SMILES string of the molecule is C[C@]1(c2ccccc2)NC(=O)N(NC(=O)C2CCN(S(=O)(=O)c3ccc(Cl)cc3)CC2)C1=O. The third kappa shape index (κ3) is 4.33. The van der Waals surface area contributed by atoms with Crippen LogP contribution in [0.15, 0.2) is 59.5 Å². The number of hydrazine groups is 1. The first-order valence-corrected chi connectivity index (χ1v) is 12.2. The normalized spacial score (nSPS) is 22.3. The summed E-state index contributed by atoms with van der Waals surface area (Å²) in [6.07, 6.45) is 0.524. The Kier molecular flexibility index (Phi) is 6.17. The number of benzene rings is 2. The highest BCUT2D eigenvalue weighted by Gasteiger charge is 2.50. The number of hydrogen-bond acceptors (Lipinski definition) is 5. The van der Waals surface area contributed by atoms with Gasteiger partial charge in [-0.3, -0.25) is 15.0 Å². The molecular formula is C22H23ClN4O5S. The molecule has 4 amide bonds. The summed E-state index contributed by atoms with van der Waals surface area (Å²) in [4.78, 5) is 38.3. The van der Waals surface area contributed by atoms with Crippen molar-refractivity contribution in [1.29, 1.82) is 0 Å². The number of piperidine rings is 1. The van der Waals surface area contributed by atoms with E-state index in [1.807, 2.05) is 0 Å². The topological polar surface area (TPSA) is 116 Å². The van der Waals surface area contributed by atoms with Crippen LogP contribution in [0.1, 0.15) is 25.3 Å². The maximum Gasteiger partial charge on any atom is 0.344 e. The van der Waals surface area contributed by atoms with Crippen molar-refractivity contribution in [3.05, 3.63) is 65.2 Å². The van der Waals surface area contributed by atoms with Gasteiger partial charge in [0.2, 0.25) is 15.9 Å². The van der Waals surface area contributed by atoms with Gasteiger partial charge in [0.25, 0.3) is 5.91 Å². The molecular weight excluding hydrogens is 468 g/mol. The Morgan fingerprint density at radius 3 is 2.27 bits per heavy atom. The van der Waals surface area contributed by atoms with Gasteiger partial charge < -0.3 is 5.32 Å². The second kappa shape index (κ2) is 8.77. The summed E-state index contributed by atoms with van der Waals surface area (Å²) in [5, 5.41) is 3.77. The van der Waals surface area contributed by atoms with E-state index < -0.39 is 39.3 Å². The van der Waals surface area contributed by atoms with Gasteiger partial charge in [-0.2, -0.15) is 9.31 Å². The molecule has 0 spiro atoms. The molecule has 9 nitrogen and oxygen atoms in total. The molecule has 2 N–H and O–H groups in total. The molecule has 174 valence electrons. The largest absolute Gasteiger partial charge is 0.344 e. The predicted octanol–water partition coefficient (Wildman–Crippen LogP) is 2.24. The Hall–Kier alpha value is -2.95. The first kappa shape index (κ1) is 23.2. The van der Waals surface area contributed by atoms with E-state index in [1.165, 1.54) is 28.6 Å². The van der Waals surface area contributed by atoms with Gasteiger partial charge >= 0.3 is 6.03 Å². The molecule has 2 heterocycles. The van der Waals surface area contributed by atoms with Crippen molar-refractivity contribution in [1.82, 2.24) is 20.1 Å². The minimum atomic E-state index is -3.70. The van der Waals surface area contributed by atoms with E-state index in [1.54, 1.807) is 37.3 Å². The van der Waals surface area contributed by atoms with Crippen LogP contribution >= 0.6 is 11.6 Å². The first-order chi connectivity index (χ1) is 15.6. The number of imide groups is 1. The molecule has 0 saturated carbocycles. The number of sulfonamides is 1. The second-order valence-electron chi connectivity index (χ2n) is 8.17. The maximum absolute atomic E-state index is 13.0. The standard InChI is InChI=1S/C22H23ClN4O5S/c1-22(16-5-3-2-4-6-16)20(29)27(21(30)24-22)25-19(28)15-11-13-26(14-12-15)33(31,32)18-9-7-17(23)8-10-18/h2-10,15H,11-14H2,1H3,(H,24,30)(H,25,28)/t22-/m1/s1. The number of amides is 4. The van der Waals surface area contributed by atoms with Crippen LogP contribution in [-0.4, -0.2) is 48.7 Å². The van der Waals surface area contributed by atoms with Crippen LogP contribution in [0.4, 0.5) is 4.79 Å². The zero-order valence-corrected chi connectivity index (χ0v) is 19.4. The molecule has 2 aliphatic heterocycles. The van der Waals surface area contributed by atoms with E-state index in [0.29, 0.717) is 15.6 Å². The number of carbonyl (C=O) groups is 3. The molecule has 2 fully saturated rings. The number of nitrogens with one attached hydrogen (secondary N) is 2. The van der Waals surface area contributed by atoms with Crippen molar-refractivity contribution < 1.29 is 22.8 Å². The summed E-state index contributed by atoms with van der Waals surface area (Å²) in [6, 6.07) is 13.9. The molecule has 0 aromatic heterocycles. The zero-order valence-electron chi connectivity index (χ0n) is 17.8. The number of rotatable bonds is 5. The Balaban J connectivity index is 1.39. The smallest absolute Gasteiger partial charge is 0.318 e. The first-order valence-electron chi connectivity index (χ1n) is 10.4. The van der Waals surface area contributed by atoms with Crippen LogP contribution in [0.3, 0.4) is 0 Å². The van der Waals surface area contributed by atoms with E-state index in [-0.39, 0.29) is 30.8 Å². The lowest BCUT2D eigenvalue weighted by Gasteiger charge is -2.31. The molecule has 4 rings (SSSR count). The van der Waals surface area contributed by atoms with Gasteiger partial charge in [-0.1, -0.05) is 41.9 Å². The summed E-state index contributed by atoms with van der Waals surface area (Å²) in [5.41, 5.74) is 1.72. The number of carbonyl (C=O) groups excluding carboxylic acids is 3. The minimum Gasteiger partial charge on any atom is -0.318 e. The van der Waals surface area contributed by atoms with E-state index in [4.69, 9.17) is 11.6 Å². The Morgan fingerprint density at radius 1 is 1.06 bits per heavy atom. The fourth-order valence-corrected chi connectivity index (χ4v) is 5.62. The van der Waals surface area contributed by atoms with Gasteiger partial charge in [0.1, 0.15) is 5.54 Å². The maximum atomic E-state index is 13.0. The van der Waals surface area contributed by atoms with Gasteiger partial charge in [-0.25, -0.2) is 13.2 Å². The molecule has 0 unspecified atom stereocenters. The molecule has 2 aliphatic rings. The van der Waals surface area contributed by atoms with E-state index in [2.05, 4.69) is 10.7 Å². The summed E-state index contributed by atoms with van der Waals surface area (Å²) in [5.74, 6) is -1.62. The van der Waals surface area contributed by atoms with E-state index in [9.17, 15) is 22.8 Å². The molecule has 2 aromatic rings. The Morgan fingerprint density at radius 2 is 1.67 bits per heavy atom. The average Bonchev–Trinajstić information content (AvgIpc) is 3.04. The molecule has 0 bridgehead atoms. The van der Waals surface area contributed by atoms with Crippen molar-refractivity contribution >= 4 is 39.5 Å². The highest BCUT2D eigenvalue weighted by molar-refractivity contribution is 7.89. The monoisotopic (exact) mass is 490 g/mol. The van der Waals surface area contributed by atoms with Gasteiger partial charge in [0.05, 0.1) is 4.90 Å². The van der Waals surface area contributed by atoms with Crippen LogP contribution in [0, 0.1) is 5.92 Å². The van der Waals surface area contributed by atoms with Gasteiger partial charge in [-0.15, -0.1) is 0 Å². The Labute approximate surface area is 196 Å². The van der Waals surface area contributed by atoms with Crippen molar-refractivity contribution in [3.8, 4) is 0 Å². The third-order valence-electron chi connectivity index (χ3n) is 6.04. The quantitative estimate of drug-likeness (QED) is 0.623. The average molecular weight is 491 g/mol. The molecule has 1 atom stereocenters. The minimum absolute atomic E-state index is 0.134. The lowest BCUT2D eigenvalue weighted by Crippen LogP contribution is -2.51. The number of urea groups is 1. The lowest BCUT2D eigenvalue weighted by atomic mass is 9.92. The van der Waals surface area contributed by atoms with Crippen molar-refractivity contribution in [3.63, 3.8) is 0 Å². The Bertz CT molecular complexity index is 1180. The van der Waals surface area contributed by atoms with E-state index in [0.717, 1.165) is 0 Å². The van der Waals surface area contributed by atoms with Crippen molar-refractivity contribution in [2.45, 2.75) is 30.2 Å².